The number of hydrogen-bond acceptors (Lipinski definition) is 3. The fraction of sp³-hybridized carbons (Fsp3) is 0.182. The zero-order chi connectivity index (χ0) is 11.7. The summed E-state index contributed by atoms with van der Waals surface area (Å²) in [5.74, 6) is -0.365. The topological polar surface area (TPSA) is 33.1 Å². The maximum atomic E-state index is 13.5. The van der Waals surface area contributed by atoms with Crippen molar-refractivity contribution in [3.63, 3.8) is 0 Å². The van der Waals surface area contributed by atoms with Gasteiger partial charge in [-0.3, -0.25) is 0 Å². The molecule has 0 spiro atoms. The van der Waals surface area contributed by atoms with Gasteiger partial charge in [-0.15, -0.1) is 11.3 Å². The molecule has 0 amide bonds. The predicted octanol–water partition coefficient (Wildman–Crippen LogP) is 3.66. The van der Waals surface area contributed by atoms with Crippen molar-refractivity contribution in [3.8, 4) is 10.6 Å². The number of benzene rings is 1. The highest BCUT2D eigenvalue weighted by molar-refractivity contribution is 7.13. The average Bonchev–Trinajstić information content (AvgIpc) is 2.70. The Bertz CT molecular complexity index is 512. The van der Waals surface area contributed by atoms with Gasteiger partial charge in [0.1, 0.15) is 10.8 Å². The van der Waals surface area contributed by atoms with Crippen molar-refractivity contribution in [2.45, 2.75) is 13.0 Å². The molecule has 0 aliphatic heterocycles. The Morgan fingerprint density at radius 1 is 1.50 bits per heavy atom. The molecule has 0 aliphatic rings. The molecule has 0 aliphatic carbocycles. The third kappa shape index (κ3) is 2.24. The summed E-state index contributed by atoms with van der Waals surface area (Å²) in [6, 6.07) is 4.33. The van der Waals surface area contributed by atoms with Gasteiger partial charge in [0.2, 0.25) is 0 Å². The van der Waals surface area contributed by atoms with Crippen LogP contribution in [0.25, 0.3) is 10.6 Å². The monoisotopic (exact) mass is 257 g/mol. The standard InChI is InChI=1S/C11H9ClFNOS/c1-6(15)10-5-16-11(14-10)8-4-7(12)2-3-9(8)13/h2-6,15H,1H3. The number of halogens is 2. The van der Waals surface area contributed by atoms with E-state index >= 15 is 0 Å². The Balaban J connectivity index is 2.46. The first-order chi connectivity index (χ1) is 7.58. The van der Waals surface area contributed by atoms with Crippen LogP contribution in [0.2, 0.25) is 5.02 Å². The largest absolute Gasteiger partial charge is 0.387 e. The van der Waals surface area contributed by atoms with Crippen LogP contribution in [-0.4, -0.2) is 10.1 Å². The van der Waals surface area contributed by atoms with Crippen LogP contribution in [-0.2, 0) is 0 Å². The predicted molar refractivity (Wildman–Crippen MR) is 63.2 cm³/mol. The molecule has 0 saturated heterocycles. The van der Waals surface area contributed by atoms with Gasteiger partial charge in [0, 0.05) is 16.0 Å². The van der Waals surface area contributed by atoms with Gasteiger partial charge in [-0.25, -0.2) is 9.37 Å². The summed E-state index contributed by atoms with van der Waals surface area (Å²) in [6.45, 7) is 1.62. The van der Waals surface area contributed by atoms with Crippen molar-refractivity contribution >= 4 is 22.9 Å². The van der Waals surface area contributed by atoms with Gasteiger partial charge in [-0.05, 0) is 25.1 Å². The molecule has 1 atom stereocenters. The lowest BCUT2D eigenvalue weighted by Gasteiger charge is -2.00. The highest BCUT2D eigenvalue weighted by Crippen LogP contribution is 2.30. The maximum Gasteiger partial charge on any atom is 0.133 e. The van der Waals surface area contributed by atoms with Crippen LogP contribution in [0.5, 0.6) is 0 Å². The van der Waals surface area contributed by atoms with E-state index in [9.17, 15) is 9.50 Å². The molecular formula is C11H9ClFNOS. The number of aliphatic hydroxyl groups excluding tert-OH is 1. The van der Waals surface area contributed by atoms with Crippen molar-refractivity contribution in [2.24, 2.45) is 0 Å². The van der Waals surface area contributed by atoms with Crippen LogP contribution in [0.1, 0.15) is 18.7 Å². The van der Waals surface area contributed by atoms with E-state index in [0.717, 1.165) is 0 Å². The molecule has 16 heavy (non-hydrogen) atoms. The highest BCUT2D eigenvalue weighted by atomic mass is 35.5. The summed E-state index contributed by atoms with van der Waals surface area (Å²) < 4.78 is 13.5. The lowest BCUT2D eigenvalue weighted by molar-refractivity contribution is 0.195. The zero-order valence-corrected chi connectivity index (χ0v) is 10.0. The highest BCUT2D eigenvalue weighted by Gasteiger charge is 2.12. The quantitative estimate of drug-likeness (QED) is 0.891. The van der Waals surface area contributed by atoms with E-state index in [1.54, 1.807) is 12.3 Å². The summed E-state index contributed by atoms with van der Waals surface area (Å²) in [6.07, 6.45) is -0.646. The van der Waals surface area contributed by atoms with Crippen LogP contribution in [0.4, 0.5) is 4.39 Å². The second-order valence-corrected chi connectivity index (χ2v) is 4.67. The average molecular weight is 258 g/mol. The number of nitrogens with zero attached hydrogens (tertiary/aromatic N) is 1. The summed E-state index contributed by atoms with van der Waals surface area (Å²) in [4.78, 5) is 4.15. The van der Waals surface area contributed by atoms with Crippen LogP contribution in [0.3, 0.4) is 0 Å². The minimum atomic E-state index is -0.646. The van der Waals surface area contributed by atoms with Gasteiger partial charge in [-0.2, -0.15) is 0 Å². The minimum Gasteiger partial charge on any atom is -0.387 e. The van der Waals surface area contributed by atoms with E-state index in [1.807, 2.05) is 0 Å². The van der Waals surface area contributed by atoms with Crippen molar-refractivity contribution in [1.29, 1.82) is 0 Å². The fourth-order valence-corrected chi connectivity index (χ4v) is 2.36. The molecule has 1 heterocycles. The second kappa shape index (κ2) is 4.49. The first kappa shape index (κ1) is 11.5. The van der Waals surface area contributed by atoms with Crippen molar-refractivity contribution in [3.05, 3.63) is 40.1 Å². The minimum absolute atomic E-state index is 0.365. The van der Waals surface area contributed by atoms with Crippen LogP contribution in [0, 0.1) is 5.82 Å². The fourth-order valence-electron chi connectivity index (χ4n) is 1.26. The van der Waals surface area contributed by atoms with Gasteiger partial charge < -0.3 is 5.11 Å². The second-order valence-electron chi connectivity index (χ2n) is 3.38. The summed E-state index contributed by atoms with van der Waals surface area (Å²) in [5, 5.41) is 12.0. The zero-order valence-electron chi connectivity index (χ0n) is 8.45. The van der Waals surface area contributed by atoms with Gasteiger partial charge in [0.15, 0.2) is 0 Å². The smallest absolute Gasteiger partial charge is 0.133 e. The third-order valence-corrected chi connectivity index (χ3v) is 3.24. The van der Waals surface area contributed by atoms with Crippen LogP contribution in [0.15, 0.2) is 23.6 Å². The number of aromatic nitrogens is 1. The van der Waals surface area contributed by atoms with Gasteiger partial charge >= 0.3 is 0 Å². The molecule has 1 N–H and O–H groups in total. The van der Waals surface area contributed by atoms with Crippen molar-refractivity contribution < 1.29 is 9.50 Å². The Morgan fingerprint density at radius 2 is 2.25 bits per heavy atom. The molecule has 84 valence electrons. The number of rotatable bonds is 2. The number of thiazole rings is 1. The normalized spacial score (nSPS) is 12.8. The van der Waals surface area contributed by atoms with Crippen LogP contribution >= 0.6 is 22.9 Å². The van der Waals surface area contributed by atoms with E-state index < -0.39 is 6.10 Å². The number of hydrogen-bond donors (Lipinski definition) is 1. The van der Waals surface area contributed by atoms with Gasteiger partial charge in [-0.1, -0.05) is 11.6 Å². The first-order valence-electron chi connectivity index (χ1n) is 4.67. The Labute approximate surface area is 101 Å². The Morgan fingerprint density at radius 3 is 2.88 bits per heavy atom. The molecule has 1 aromatic heterocycles. The lowest BCUT2D eigenvalue weighted by Crippen LogP contribution is -1.91. The molecule has 2 rings (SSSR count). The van der Waals surface area contributed by atoms with E-state index in [0.29, 0.717) is 21.3 Å². The van der Waals surface area contributed by atoms with Gasteiger partial charge in [0.05, 0.1) is 11.8 Å². The van der Waals surface area contributed by atoms with E-state index in [1.165, 1.54) is 29.5 Å². The molecular weight excluding hydrogens is 249 g/mol. The summed E-state index contributed by atoms with van der Waals surface area (Å²) >= 11 is 7.08. The molecule has 5 heteroatoms. The molecule has 2 nitrogen and oxygen atoms in total. The first-order valence-corrected chi connectivity index (χ1v) is 5.92. The van der Waals surface area contributed by atoms with Gasteiger partial charge in [0.25, 0.3) is 0 Å². The summed E-state index contributed by atoms with van der Waals surface area (Å²) in [5.41, 5.74) is 0.906. The van der Waals surface area contributed by atoms with E-state index in [2.05, 4.69) is 4.98 Å². The Hall–Kier alpha value is -0.970. The maximum absolute atomic E-state index is 13.5. The molecule has 2 aromatic rings. The number of aliphatic hydroxyl groups is 1. The summed E-state index contributed by atoms with van der Waals surface area (Å²) in [7, 11) is 0. The van der Waals surface area contributed by atoms with Crippen molar-refractivity contribution in [2.75, 3.05) is 0 Å². The Kier molecular flexibility index (Phi) is 3.23. The lowest BCUT2D eigenvalue weighted by atomic mass is 10.2. The molecule has 0 saturated carbocycles. The molecule has 1 aromatic carbocycles. The molecule has 0 radical (unpaired) electrons. The molecule has 0 bridgehead atoms. The van der Waals surface area contributed by atoms with Crippen molar-refractivity contribution in [1.82, 2.24) is 4.98 Å². The van der Waals surface area contributed by atoms with Crippen LogP contribution < -0.4 is 0 Å². The molecule has 0 fully saturated rings. The van der Waals surface area contributed by atoms with E-state index in [-0.39, 0.29) is 5.82 Å². The van der Waals surface area contributed by atoms with E-state index in [4.69, 9.17) is 11.6 Å². The third-order valence-electron chi connectivity index (χ3n) is 2.11. The molecule has 1 unspecified atom stereocenters. The SMILES string of the molecule is CC(O)c1csc(-c2cc(Cl)ccc2F)n1.